The summed E-state index contributed by atoms with van der Waals surface area (Å²) in [6, 6.07) is 0.994. The molecular formula is C15H25N3O3. The Bertz CT molecular complexity index is 527. The molecule has 0 aliphatic carbocycles. The topological polar surface area (TPSA) is 73.2 Å². The van der Waals surface area contributed by atoms with Crippen molar-refractivity contribution in [2.24, 2.45) is 13.0 Å². The van der Waals surface area contributed by atoms with E-state index in [1.807, 2.05) is 20.8 Å². The molecular weight excluding hydrogens is 270 g/mol. The Morgan fingerprint density at radius 3 is 2.29 bits per heavy atom. The Morgan fingerprint density at radius 1 is 1.33 bits per heavy atom. The van der Waals surface area contributed by atoms with Crippen LogP contribution >= 0.6 is 0 Å². The fraction of sp³-hybridized carbons (Fsp3) is 0.667. The van der Waals surface area contributed by atoms with E-state index in [1.165, 1.54) is 4.68 Å². The van der Waals surface area contributed by atoms with Crippen molar-refractivity contribution >= 4 is 11.9 Å². The highest BCUT2D eigenvalue weighted by Gasteiger charge is 2.30. The van der Waals surface area contributed by atoms with E-state index in [1.54, 1.807) is 33.9 Å². The van der Waals surface area contributed by atoms with Gasteiger partial charge in [0.1, 0.15) is 17.3 Å². The molecule has 0 saturated carbocycles. The number of amides is 1. The lowest BCUT2D eigenvalue weighted by Gasteiger charge is -2.26. The van der Waals surface area contributed by atoms with Crippen LogP contribution in [-0.2, 0) is 16.6 Å². The number of esters is 1. The molecule has 1 atom stereocenters. The monoisotopic (exact) mass is 295 g/mol. The van der Waals surface area contributed by atoms with Crippen LogP contribution in [0.1, 0.15) is 50.8 Å². The predicted octanol–water partition coefficient (Wildman–Crippen LogP) is 1.82. The smallest absolute Gasteiger partial charge is 0.329 e. The number of nitrogens with one attached hydrogen (secondary N) is 1. The third-order valence-corrected chi connectivity index (χ3v) is 2.85. The second kappa shape index (κ2) is 6.28. The molecule has 0 fully saturated rings. The molecule has 1 heterocycles. The van der Waals surface area contributed by atoms with Crippen LogP contribution in [0.3, 0.4) is 0 Å². The van der Waals surface area contributed by atoms with Gasteiger partial charge in [-0.05, 0) is 39.7 Å². The number of nitrogens with zero attached hydrogens (tertiary/aromatic N) is 2. The highest BCUT2D eigenvalue weighted by Crippen LogP contribution is 2.13. The number of aryl methyl sites for hydroxylation is 2. The molecule has 0 spiro atoms. The van der Waals surface area contributed by atoms with Crippen molar-refractivity contribution < 1.29 is 14.3 Å². The maximum atomic E-state index is 12.3. The maximum absolute atomic E-state index is 12.3. The van der Waals surface area contributed by atoms with E-state index in [2.05, 4.69) is 10.4 Å². The summed E-state index contributed by atoms with van der Waals surface area (Å²) in [5.41, 5.74) is 0.584. The molecule has 1 aromatic rings. The number of hydrogen-bond donors (Lipinski definition) is 1. The Kier molecular flexibility index (Phi) is 5.15. The van der Waals surface area contributed by atoms with E-state index in [0.29, 0.717) is 5.69 Å². The molecule has 0 unspecified atom stereocenters. The van der Waals surface area contributed by atoms with Crippen LogP contribution in [0.15, 0.2) is 6.07 Å². The standard InChI is InChI=1S/C15H25N3O3/c1-9(2)12(14(20)21-15(4,5)6)16-13(19)11-8-10(3)17-18(11)7/h8-9,12H,1-7H3,(H,16,19)/t12-/m0/s1. The van der Waals surface area contributed by atoms with Crippen LogP contribution in [0.2, 0.25) is 0 Å². The van der Waals surface area contributed by atoms with Crippen molar-refractivity contribution in [3.8, 4) is 0 Å². The summed E-state index contributed by atoms with van der Waals surface area (Å²) < 4.78 is 6.85. The third-order valence-electron chi connectivity index (χ3n) is 2.85. The minimum absolute atomic E-state index is 0.0712. The van der Waals surface area contributed by atoms with Crippen molar-refractivity contribution in [2.45, 2.75) is 53.2 Å². The van der Waals surface area contributed by atoms with Gasteiger partial charge in [0.05, 0.1) is 5.69 Å². The van der Waals surface area contributed by atoms with Gasteiger partial charge in [-0.3, -0.25) is 9.48 Å². The largest absolute Gasteiger partial charge is 0.458 e. The minimum atomic E-state index is -0.688. The van der Waals surface area contributed by atoms with Gasteiger partial charge < -0.3 is 10.1 Å². The van der Waals surface area contributed by atoms with E-state index in [9.17, 15) is 9.59 Å². The lowest BCUT2D eigenvalue weighted by molar-refractivity contribution is -0.158. The molecule has 0 aliphatic rings. The summed E-state index contributed by atoms with van der Waals surface area (Å²) in [5.74, 6) is -0.828. The first kappa shape index (κ1) is 17.2. The van der Waals surface area contributed by atoms with Gasteiger partial charge in [0.25, 0.3) is 5.91 Å². The molecule has 1 N–H and O–H groups in total. The first-order chi connectivity index (χ1) is 9.51. The quantitative estimate of drug-likeness (QED) is 0.860. The first-order valence-corrected chi connectivity index (χ1v) is 7.05. The number of aromatic nitrogens is 2. The molecule has 21 heavy (non-hydrogen) atoms. The second-order valence-corrected chi connectivity index (χ2v) is 6.52. The van der Waals surface area contributed by atoms with Crippen molar-refractivity contribution in [1.29, 1.82) is 0 Å². The van der Waals surface area contributed by atoms with Gasteiger partial charge in [-0.1, -0.05) is 13.8 Å². The average Bonchev–Trinajstić information content (AvgIpc) is 2.62. The number of rotatable bonds is 4. The van der Waals surface area contributed by atoms with Gasteiger partial charge in [0.15, 0.2) is 0 Å². The highest BCUT2D eigenvalue weighted by atomic mass is 16.6. The third kappa shape index (κ3) is 4.88. The molecule has 0 aliphatic heterocycles. The summed E-state index contributed by atoms with van der Waals surface area (Å²) in [5, 5.41) is 6.86. The first-order valence-electron chi connectivity index (χ1n) is 7.05. The van der Waals surface area contributed by atoms with Crippen molar-refractivity contribution in [3.63, 3.8) is 0 Å². The fourth-order valence-corrected chi connectivity index (χ4v) is 1.90. The molecule has 0 saturated heterocycles. The van der Waals surface area contributed by atoms with Crippen LogP contribution in [0.5, 0.6) is 0 Å². The number of hydrogen-bond acceptors (Lipinski definition) is 4. The molecule has 1 rings (SSSR count). The average molecular weight is 295 g/mol. The van der Waals surface area contributed by atoms with Gasteiger partial charge in [-0.2, -0.15) is 5.10 Å². The fourth-order valence-electron chi connectivity index (χ4n) is 1.90. The van der Waals surface area contributed by atoms with Gasteiger partial charge in [0.2, 0.25) is 0 Å². The zero-order valence-electron chi connectivity index (χ0n) is 13.9. The van der Waals surface area contributed by atoms with Crippen LogP contribution < -0.4 is 5.32 Å². The van der Waals surface area contributed by atoms with E-state index >= 15 is 0 Å². The van der Waals surface area contributed by atoms with Crippen LogP contribution in [0, 0.1) is 12.8 Å². The molecule has 0 bridgehead atoms. The van der Waals surface area contributed by atoms with E-state index < -0.39 is 17.6 Å². The predicted molar refractivity (Wildman–Crippen MR) is 79.9 cm³/mol. The molecule has 6 heteroatoms. The van der Waals surface area contributed by atoms with Crippen LogP contribution in [0.25, 0.3) is 0 Å². The van der Waals surface area contributed by atoms with Gasteiger partial charge in [0, 0.05) is 7.05 Å². The van der Waals surface area contributed by atoms with E-state index in [-0.39, 0.29) is 11.8 Å². The summed E-state index contributed by atoms with van der Waals surface area (Å²) in [7, 11) is 1.69. The van der Waals surface area contributed by atoms with E-state index in [0.717, 1.165) is 5.69 Å². The van der Waals surface area contributed by atoms with Crippen molar-refractivity contribution in [3.05, 3.63) is 17.5 Å². The summed E-state index contributed by atoms with van der Waals surface area (Å²) in [6.45, 7) is 10.9. The van der Waals surface area contributed by atoms with Gasteiger partial charge >= 0.3 is 5.97 Å². The Labute approximate surface area is 125 Å². The summed E-state index contributed by atoms with van der Waals surface area (Å²) in [6.07, 6.45) is 0. The molecule has 1 amide bonds. The SMILES string of the molecule is Cc1cc(C(=O)N[C@H](C(=O)OC(C)(C)C)C(C)C)n(C)n1. The minimum Gasteiger partial charge on any atom is -0.458 e. The summed E-state index contributed by atoms with van der Waals surface area (Å²) in [4.78, 5) is 24.5. The van der Waals surface area contributed by atoms with Gasteiger partial charge in [-0.15, -0.1) is 0 Å². The van der Waals surface area contributed by atoms with Crippen molar-refractivity contribution in [1.82, 2.24) is 15.1 Å². The zero-order valence-corrected chi connectivity index (χ0v) is 13.9. The number of carbonyl (C=O) groups is 2. The number of carbonyl (C=O) groups excluding carboxylic acids is 2. The maximum Gasteiger partial charge on any atom is 0.329 e. The second-order valence-electron chi connectivity index (χ2n) is 6.52. The Morgan fingerprint density at radius 2 is 1.90 bits per heavy atom. The highest BCUT2D eigenvalue weighted by molar-refractivity contribution is 5.95. The zero-order chi connectivity index (χ0) is 16.4. The van der Waals surface area contributed by atoms with Gasteiger partial charge in [-0.25, -0.2) is 4.79 Å². The Balaban J connectivity index is 2.86. The van der Waals surface area contributed by atoms with Crippen LogP contribution in [-0.4, -0.2) is 33.3 Å². The molecule has 0 aromatic carbocycles. The molecule has 118 valence electrons. The summed E-state index contributed by atoms with van der Waals surface area (Å²) >= 11 is 0. The Hall–Kier alpha value is -1.85. The normalized spacial score (nSPS) is 13.1. The molecule has 1 aromatic heterocycles. The van der Waals surface area contributed by atoms with Crippen molar-refractivity contribution in [2.75, 3.05) is 0 Å². The van der Waals surface area contributed by atoms with E-state index in [4.69, 9.17) is 4.74 Å². The molecule has 6 nitrogen and oxygen atoms in total. The molecule has 0 radical (unpaired) electrons. The lowest BCUT2D eigenvalue weighted by atomic mass is 10.0. The lowest BCUT2D eigenvalue weighted by Crippen LogP contribution is -2.47. The van der Waals surface area contributed by atoms with Crippen LogP contribution in [0.4, 0.5) is 0 Å². The number of ether oxygens (including phenoxy) is 1.